The molecule has 0 spiro atoms. The van der Waals surface area contributed by atoms with Crippen molar-refractivity contribution in [1.82, 2.24) is 0 Å². The molecule has 0 amide bonds. The molecule has 1 heteroatoms. The zero-order chi connectivity index (χ0) is 21.6. The van der Waals surface area contributed by atoms with E-state index in [1.165, 1.54) is 50.4 Å². The van der Waals surface area contributed by atoms with Crippen LogP contribution in [0.15, 0.2) is 91.0 Å². The summed E-state index contributed by atoms with van der Waals surface area (Å²) in [5.41, 5.74) is 11.7. The Labute approximate surface area is 186 Å². The van der Waals surface area contributed by atoms with Gasteiger partial charge in [0.05, 0.1) is 0 Å². The molecule has 4 aromatic carbocycles. The van der Waals surface area contributed by atoms with Crippen molar-refractivity contribution in [2.75, 3.05) is 4.90 Å². The van der Waals surface area contributed by atoms with E-state index >= 15 is 0 Å². The number of anilines is 3. The summed E-state index contributed by atoms with van der Waals surface area (Å²) in [7, 11) is 0. The monoisotopic (exact) mass is 403 g/mol. The number of aryl methyl sites for hydroxylation is 2. The van der Waals surface area contributed by atoms with Crippen LogP contribution in [0.25, 0.3) is 11.1 Å². The lowest BCUT2D eigenvalue weighted by molar-refractivity contribution is 0.660. The SMILES string of the molecule is CCc1ccc(N(c2cccc(C)c2)c2ccc3c(c2)C(C)(C)c2ccccc2-3)cc1. The van der Waals surface area contributed by atoms with Crippen LogP contribution in [-0.2, 0) is 11.8 Å². The smallest absolute Gasteiger partial charge is 0.0465 e. The van der Waals surface area contributed by atoms with E-state index in [4.69, 9.17) is 0 Å². The molecule has 0 saturated heterocycles. The zero-order valence-electron chi connectivity index (χ0n) is 18.8. The molecule has 0 bridgehead atoms. The van der Waals surface area contributed by atoms with Crippen LogP contribution in [0.4, 0.5) is 17.1 Å². The van der Waals surface area contributed by atoms with Gasteiger partial charge in [0.1, 0.15) is 0 Å². The lowest BCUT2D eigenvalue weighted by Crippen LogP contribution is -2.16. The second kappa shape index (κ2) is 7.42. The third-order valence-corrected chi connectivity index (χ3v) is 6.69. The molecule has 0 aromatic heterocycles. The molecule has 0 atom stereocenters. The Balaban J connectivity index is 1.68. The van der Waals surface area contributed by atoms with Crippen molar-refractivity contribution in [3.8, 4) is 11.1 Å². The molecule has 5 rings (SSSR count). The minimum Gasteiger partial charge on any atom is -0.310 e. The normalized spacial score (nSPS) is 13.5. The summed E-state index contributed by atoms with van der Waals surface area (Å²) in [6.45, 7) is 9.04. The van der Waals surface area contributed by atoms with E-state index < -0.39 is 0 Å². The van der Waals surface area contributed by atoms with Gasteiger partial charge < -0.3 is 4.90 Å². The molecule has 0 fully saturated rings. The van der Waals surface area contributed by atoms with Crippen LogP contribution in [0.1, 0.15) is 43.0 Å². The molecule has 0 N–H and O–H groups in total. The third-order valence-electron chi connectivity index (χ3n) is 6.69. The van der Waals surface area contributed by atoms with Gasteiger partial charge in [-0.25, -0.2) is 0 Å². The first-order chi connectivity index (χ1) is 15.0. The minimum absolute atomic E-state index is 0.00766. The first kappa shape index (κ1) is 19.6. The van der Waals surface area contributed by atoms with Crippen LogP contribution in [0.3, 0.4) is 0 Å². The Morgan fingerprint density at radius 2 is 1.32 bits per heavy atom. The highest BCUT2D eigenvalue weighted by Crippen LogP contribution is 2.50. The highest BCUT2D eigenvalue weighted by Gasteiger charge is 2.35. The molecule has 0 aliphatic heterocycles. The molecule has 1 aliphatic carbocycles. The van der Waals surface area contributed by atoms with E-state index in [-0.39, 0.29) is 5.41 Å². The predicted molar refractivity (Wildman–Crippen MR) is 133 cm³/mol. The molecule has 1 nitrogen and oxygen atoms in total. The zero-order valence-corrected chi connectivity index (χ0v) is 18.8. The lowest BCUT2D eigenvalue weighted by Gasteiger charge is -2.28. The number of rotatable bonds is 4. The van der Waals surface area contributed by atoms with Gasteiger partial charge in [-0.1, -0.05) is 75.4 Å². The van der Waals surface area contributed by atoms with Crippen molar-refractivity contribution in [1.29, 1.82) is 0 Å². The Bertz CT molecular complexity index is 1250. The van der Waals surface area contributed by atoms with E-state index in [1.807, 2.05) is 0 Å². The average molecular weight is 404 g/mol. The summed E-state index contributed by atoms with van der Waals surface area (Å²) >= 11 is 0. The van der Waals surface area contributed by atoms with Crippen molar-refractivity contribution < 1.29 is 0 Å². The van der Waals surface area contributed by atoms with Crippen LogP contribution in [-0.4, -0.2) is 0 Å². The molecule has 4 aromatic rings. The summed E-state index contributed by atoms with van der Waals surface area (Å²) < 4.78 is 0. The molecule has 0 radical (unpaired) electrons. The number of hydrogen-bond acceptors (Lipinski definition) is 1. The molecule has 31 heavy (non-hydrogen) atoms. The maximum absolute atomic E-state index is 2.39. The summed E-state index contributed by atoms with van der Waals surface area (Å²) in [5.74, 6) is 0. The van der Waals surface area contributed by atoms with Crippen molar-refractivity contribution in [2.45, 2.75) is 39.5 Å². The summed E-state index contributed by atoms with van der Waals surface area (Å²) in [6, 6.07) is 33.5. The highest BCUT2D eigenvalue weighted by molar-refractivity contribution is 5.85. The van der Waals surface area contributed by atoms with Gasteiger partial charge in [-0.2, -0.15) is 0 Å². The van der Waals surface area contributed by atoms with E-state index in [0.29, 0.717) is 0 Å². The van der Waals surface area contributed by atoms with Crippen LogP contribution in [0.5, 0.6) is 0 Å². The average Bonchev–Trinajstić information content (AvgIpc) is 3.02. The van der Waals surface area contributed by atoms with Gasteiger partial charge in [0, 0.05) is 22.5 Å². The second-order valence-electron chi connectivity index (χ2n) is 9.09. The molecule has 1 aliphatic rings. The number of hydrogen-bond donors (Lipinski definition) is 0. The standard InChI is InChI=1S/C30H29N/c1-5-22-13-15-23(16-14-22)31(24-10-8-9-21(2)19-24)25-17-18-27-26-11-6-7-12-28(26)30(3,4)29(27)20-25/h6-20H,5H2,1-4H3. The number of nitrogens with zero attached hydrogens (tertiary/aromatic N) is 1. The largest absolute Gasteiger partial charge is 0.310 e. The van der Waals surface area contributed by atoms with Crippen LogP contribution in [0, 0.1) is 6.92 Å². The Kier molecular flexibility index (Phi) is 4.70. The summed E-state index contributed by atoms with van der Waals surface area (Å²) in [4.78, 5) is 2.38. The first-order valence-corrected chi connectivity index (χ1v) is 11.2. The first-order valence-electron chi connectivity index (χ1n) is 11.2. The van der Waals surface area contributed by atoms with Crippen LogP contribution >= 0.6 is 0 Å². The van der Waals surface area contributed by atoms with Crippen molar-refractivity contribution in [3.63, 3.8) is 0 Å². The fraction of sp³-hybridized carbons (Fsp3) is 0.200. The third kappa shape index (κ3) is 3.25. The molecule has 0 heterocycles. The summed E-state index contributed by atoms with van der Waals surface area (Å²) in [5, 5.41) is 0. The topological polar surface area (TPSA) is 3.24 Å². The van der Waals surface area contributed by atoms with E-state index in [9.17, 15) is 0 Å². The van der Waals surface area contributed by atoms with E-state index in [0.717, 1.165) is 6.42 Å². The molecule has 0 unspecified atom stereocenters. The quantitative estimate of drug-likeness (QED) is 0.331. The van der Waals surface area contributed by atoms with Gasteiger partial charge >= 0.3 is 0 Å². The maximum atomic E-state index is 2.39. The van der Waals surface area contributed by atoms with Gasteiger partial charge in [0.2, 0.25) is 0 Å². The summed E-state index contributed by atoms with van der Waals surface area (Å²) in [6.07, 6.45) is 1.05. The molecule has 0 saturated carbocycles. The van der Waals surface area contributed by atoms with Gasteiger partial charge in [0.15, 0.2) is 0 Å². The van der Waals surface area contributed by atoms with Crippen LogP contribution < -0.4 is 4.90 Å². The Hall–Kier alpha value is -3.32. The molecular formula is C30H29N. The van der Waals surface area contributed by atoms with Gasteiger partial charge in [-0.3, -0.25) is 0 Å². The van der Waals surface area contributed by atoms with Crippen molar-refractivity contribution in [3.05, 3.63) is 113 Å². The molecule has 154 valence electrons. The van der Waals surface area contributed by atoms with E-state index in [1.54, 1.807) is 0 Å². The van der Waals surface area contributed by atoms with Gasteiger partial charge in [-0.05, 0) is 83.1 Å². The maximum Gasteiger partial charge on any atom is 0.0465 e. The van der Waals surface area contributed by atoms with Gasteiger partial charge in [0.25, 0.3) is 0 Å². The Morgan fingerprint density at radius 3 is 2.06 bits per heavy atom. The highest BCUT2D eigenvalue weighted by atomic mass is 15.1. The fourth-order valence-electron chi connectivity index (χ4n) is 4.93. The van der Waals surface area contributed by atoms with Crippen molar-refractivity contribution >= 4 is 17.1 Å². The van der Waals surface area contributed by atoms with Crippen molar-refractivity contribution in [2.24, 2.45) is 0 Å². The molecular weight excluding hydrogens is 374 g/mol. The predicted octanol–water partition coefficient (Wildman–Crippen LogP) is 8.33. The van der Waals surface area contributed by atoms with Gasteiger partial charge in [-0.15, -0.1) is 0 Å². The minimum atomic E-state index is -0.00766. The van der Waals surface area contributed by atoms with E-state index in [2.05, 4.69) is 124 Å². The fourth-order valence-corrected chi connectivity index (χ4v) is 4.93. The lowest BCUT2D eigenvalue weighted by atomic mass is 9.82. The van der Waals surface area contributed by atoms with Crippen LogP contribution in [0.2, 0.25) is 0 Å². The number of fused-ring (bicyclic) bond motifs is 3. The second-order valence-corrected chi connectivity index (χ2v) is 9.09. The Morgan fingerprint density at radius 1 is 0.645 bits per heavy atom. The number of benzene rings is 4.